The van der Waals surface area contributed by atoms with Gasteiger partial charge in [0.15, 0.2) is 0 Å². The van der Waals surface area contributed by atoms with Crippen LogP contribution in [0.2, 0.25) is 0 Å². The standard InChI is InChI=1S/C58H103NO5/c1-4-7-10-13-16-19-22-24-26-28-30-32-35-37-40-43-46-49-54(52-57(62)59-55(53-60)56(61)50-47-44-41-38-34-21-18-15-12-9-6-3)64-58(63)51-48-45-42-39-36-33-31-29-27-25-23-20-17-14-11-8-5-2/h16-17,19-20,24-27,30,32,37,40,54-56,60-61H,4-15,18,21-23,28-29,31,33-36,38-39,41-53H2,1-3H3,(H,59,62)/b19-16-,20-17-,26-24-,27-25-,32-30-,40-37-. The Hall–Kier alpha value is -2.70. The van der Waals surface area contributed by atoms with Crippen molar-refractivity contribution in [2.45, 2.75) is 277 Å². The second-order valence-corrected chi connectivity index (χ2v) is 18.3. The van der Waals surface area contributed by atoms with Gasteiger partial charge in [-0.1, -0.05) is 222 Å². The maximum Gasteiger partial charge on any atom is 0.306 e. The number of rotatable bonds is 48. The molecule has 370 valence electrons. The molecule has 0 heterocycles. The second kappa shape index (κ2) is 51.3. The summed E-state index contributed by atoms with van der Waals surface area (Å²) in [5.41, 5.74) is 0. The molecule has 0 fully saturated rings. The van der Waals surface area contributed by atoms with Crippen molar-refractivity contribution in [2.24, 2.45) is 0 Å². The number of esters is 1. The van der Waals surface area contributed by atoms with E-state index in [0.717, 1.165) is 83.5 Å². The van der Waals surface area contributed by atoms with Gasteiger partial charge in [-0.15, -0.1) is 0 Å². The SMILES string of the molecule is CCCCC/C=C\C/C=C\C/C=C\C/C=C\CCCC(CC(=O)NC(CO)C(O)CCCCCCCCCCCCC)OC(=O)CCCCCCCCC/C=C\C/C=C\CCCCC. The number of hydrogen-bond acceptors (Lipinski definition) is 5. The minimum Gasteiger partial charge on any atom is -0.462 e. The van der Waals surface area contributed by atoms with E-state index < -0.39 is 18.2 Å². The third kappa shape index (κ3) is 45.9. The van der Waals surface area contributed by atoms with Crippen LogP contribution >= 0.6 is 0 Å². The van der Waals surface area contributed by atoms with Gasteiger partial charge in [0.2, 0.25) is 5.91 Å². The van der Waals surface area contributed by atoms with Gasteiger partial charge in [-0.3, -0.25) is 9.59 Å². The Labute approximate surface area is 396 Å². The first-order chi connectivity index (χ1) is 31.5. The predicted molar refractivity (Wildman–Crippen MR) is 278 cm³/mol. The van der Waals surface area contributed by atoms with Crippen LogP contribution in [-0.2, 0) is 14.3 Å². The maximum absolute atomic E-state index is 13.2. The summed E-state index contributed by atoms with van der Waals surface area (Å²) in [5.74, 6) is -0.536. The fourth-order valence-corrected chi connectivity index (χ4v) is 7.86. The minimum atomic E-state index is -0.805. The zero-order chi connectivity index (χ0) is 46.7. The zero-order valence-electron chi connectivity index (χ0n) is 42.1. The van der Waals surface area contributed by atoms with E-state index in [1.807, 2.05) is 0 Å². The number of aliphatic hydroxyl groups is 2. The molecule has 1 amide bonds. The predicted octanol–water partition coefficient (Wildman–Crippen LogP) is 16.6. The Balaban J connectivity index is 4.70. The molecule has 0 aromatic carbocycles. The Morgan fingerprint density at radius 2 is 0.812 bits per heavy atom. The molecule has 64 heavy (non-hydrogen) atoms. The van der Waals surface area contributed by atoms with Gasteiger partial charge in [-0.25, -0.2) is 0 Å². The highest BCUT2D eigenvalue weighted by Gasteiger charge is 2.24. The molecule has 6 heteroatoms. The number of amides is 1. The summed E-state index contributed by atoms with van der Waals surface area (Å²) in [6, 6.07) is -0.723. The van der Waals surface area contributed by atoms with Gasteiger partial charge < -0.3 is 20.3 Å². The number of aliphatic hydroxyl groups excluding tert-OH is 2. The van der Waals surface area contributed by atoms with Crippen molar-refractivity contribution in [3.8, 4) is 0 Å². The average Bonchev–Trinajstić information content (AvgIpc) is 3.29. The van der Waals surface area contributed by atoms with E-state index in [4.69, 9.17) is 4.74 Å². The zero-order valence-corrected chi connectivity index (χ0v) is 42.1. The summed E-state index contributed by atoms with van der Waals surface area (Å²) in [5, 5.41) is 23.8. The van der Waals surface area contributed by atoms with Crippen molar-refractivity contribution in [1.82, 2.24) is 5.32 Å². The Bertz CT molecular complexity index is 1190. The molecule has 0 radical (unpaired) electrons. The van der Waals surface area contributed by atoms with Crippen molar-refractivity contribution in [3.63, 3.8) is 0 Å². The van der Waals surface area contributed by atoms with E-state index >= 15 is 0 Å². The van der Waals surface area contributed by atoms with Crippen LogP contribution in [0.4, 0.5) is 0 Å². The molecule has 0 saturated heterocycles. The molecular weight excluding hydrogens is 791 g/mol. The first-order valence-corrected chi connectivity index (χ1v) is 27.2. The molecule has 0 bridgehead atoms. The molecule has 6 nitrogen and oxygen atoms in total. The molecule has 0 aromatic rings. The highest BCUT2D eigenvalue weighted by molar-refractivity contribution is 5.77. The van der Waals surface area contributed by atoms with Crippen LogP contribution in [0, 0.1) is 0 Å². The van der Waals surface area contributed by atoms with Gasteiger partial charge in [0, 0.05) is 6.42 Å². The highest BCUT2D eigenvalue weighted by Crippen LogP contribution is 2.17. The monoisotopic (exact) mass is 894 g/mol. The number of unbranched alkanes of at least 4 members (excludes halogenated alkanes) is 24. The average molecular weight is 894 g/mol. The Morgan fingerprint density at radius 3 is 1.27 bits per heavy atom. The number of nitrogens with one attached hydrogen (secondary N) is 1. The lowest BCUT2D eigenvalue weighted by molar-refractivity contribution is -0.151. The molecule has 3 atom stereocenters. The van der Waals surface area contributed by atoms with Gasteiger partial charge in [0.05, 0.1) is 25.2 Å². The van der Waals surface area contributed by atoms with Crippen molar-refractivity contribution in [1.29, 1.82) is 0 Å². The minimum absolute atomic E-state index is 0.0347. The van der Waals surface area contributed by atoms with Crippen molar-refractivity contribution in [3.05, 3.63) is 72.9 Å². The van der Waals surface area contributed by atoms with E-state index in [0.29, 0.717) is 19.3 Å². The molecular formula is C58H103NO5. The normalized spacial score (nSPS) is 13.8. The van der Waals surface area contributed by atoms with Gasteiger partial charge in [-0.05, 0) is 96.3 Å². The number of hydrogen-bond donors (Lipinski definition) is 3. The quantitative estimate of drug-likeness (QED) is 0.0321. The van der Waals surface area contributed by atoms with Gasteiger partial charge in [-0.2, -0.15) is 0 Å². The maximum atomic E-state index is 13.2. The molecule has 0 aliphatic heterocycles. The van der Waals surface area contributed by atoms with E-state index in [1.54, 1.807) is 0 Å². The van der Waals surface area contributed by atoms with Gasteiger partial charge >= 0.3 is 5.97 Å². The van der Waals surface area contributed by atoms with E-state index in [1.165, 1.54) is 128 Å². The Kier molecular flexibility index (Phi) is 49.1. The smallest absolute Gasteiger partial charge is 0.306 e. The lowest BCUT2D eigenvalue weighted by atomic mass is 10.0. The number of allylic oxidation sites excluding steroid dienone is 12. The summed E-state index contributed by atoms with van der Waals surface area (Å²) < 4.78 is 5.92. The van der Waals surface area contributed by atoms with Crippen LogP contribution in [0.5, 0.6) is 0 Å². The largest absolute Gasteiger partial charge is 0.462 e. The van der Waals surface area contributed by atoms with Crippen molar-refractivity contribution in [2.75, 3.05) is 6.61 Å². The van der Waals surface area contributed by atoms with Crippen LogP contribution in [0.1, 0.15) is 258 Å². The first-order valence-electron chi connectivity index (χ1n) is 27.2. The Morgan fingerprint density at radius 1 is 0.453 bits per heavy atom. The summed E-state index contributed by atoms with van der Waals surface area (Å²) in [6.45, 7) is 6.41. The lowest BCUT2D eigenvalue weighted by Gasteiger charge is -2.24. The molecule has 0 aliphatic carbocycles. The molecule has 0 aromatic heterocycles. The highest BCUT2D eigenvalue weighted by atomic mass is 16.5. The molecule has 0 aliphatic rings. The fourth-order valence-electron chi connectivity index (χ4n) is 7.86. The third-order valence-corrected chi connectivity index (χ3v) is 12.0. The molecule has 0 saturated carbocycles. The van der Waals surface area contributed by atoms with E-state index in [9.17, 15) is 19.8 Å². The molecule has 0 spiro atoms. The van der Waals surface area contributed by atoms with Crippen molar-refractivity contribution < 1.29 is 24.5 Å². The summed E-state index contributed by atoms with van der Waals surface area (Å²) in [7, 11) is 0. The fraction of sp³-hybridized carbons (Fsp3) is 0.759. The van der Waals surface area contributed by atoms with Crippen molar-refractivity contribution >= 4 is 11.9 Å². The van der Waals surface area contributed by atoms with Gasteiger partial charge in [0.1, 0.15) is 6.10 Å². The topological polar surface area (TPSA) is 95.9 Å². The number of ether oxygens (including phenoxy) is 1. The molecule has 3 N–H and O–H groups in total. The third-order valence-electron chi connectivity index (χ3n) is 12.0. The summed E-state index contributed by atoms with van der Waals surface area (Å²) in [4.78, 5) is 26.2. The first kappa shape index (κ1) is 61.3. The number of carbonyl (C=O) groups is 2. The molecule has 0 rings (SSSR count). The number of carbonyl (C=O) groups excluding carboxylic acids is 2. The second-order valence-electron chi connectivity index (χ2n) is 18.3. The van der Waals surface area contributed by atoms with Gasteiger partial charge in [0.25, 0.3) is 0 Å². The van der Waals surface area contributed by atoms with Crippen LogP contribution in [0.3, 0.4) is 0 Å². The lowest BCUT2D eigenvalue weighted by Crippen LogP contribution is -2.46. The van der Waals surface area contributed by atoms with Crippen LogP contribution in [0.15, 0.2) is 72.9 Å². The van der Waals surface area contributed by atoms with E-state index in [-0.39, 0.29) is 24.9 Å². The van der Waals surface area contributed by atoms with Crippen LogP contribution in [0.25, 0.3) is 0 Å². The molecule has 3 unspecified atom stereocenters. The summed E-state index contributed by atoms with van der Waals surface area (Å²) in [6.07, 6.45) is 65.3. The van der Waals surface area contributed by atoms with Crippen LogP contribution in [-0.4, -0.2) is 46.9 Å². The summed E-state index contributed by atoms with van der Waals surface area (Å²) >= 11 is 0. The van der Waals surface area contributed by atoms with E-state index in [2.05, 4.69) is 99.0 Å². The van der Waals surface area contributed by atoms with Crippen LogP contribution < -0.4 is 5.32 Å².